The van der Waals surface area contributed by atoms with Crippen molar-refractivity contribution in [2.45, 2.75) is 20.8 Å². The minimum atomic E-state index is -0.418. The number of benzene rings is 2. The van der Waals surface area contributed by atoms with Crippen molar-refractivity contribution < 1.29 is 18.8 Å². The Hall–Kier alpha value is -3.52. The Morgan fingerprint density at radius 1 is 1.10 bits per heavy atom. The number of esters is 1. The molecule has 2 aromatic heterocycles. The summed E-state index contributed by atoms with van der Waals surface area (Å²) in [5, 5.41) is 7.03. The molecule has 0 atom stereocenters. The molecule has 0 aliphatic rings. The van der Waals surface area contributed by atoms with Crippen LogP contribution in [0.5, 0.6) is 0 Å². The van der Waals surface area contributed by atoms with Crippen LogP contribution < -0.4 is 5.32 Å². The molecule has 2 heterocycles. The second-order valence-corrected chi connectivity index (χ2v) is 7.78. The van der Waals surface area contributed by atoms with E-state index in [0.717, 1.165) is 15.8 Å². The highest BCUT2D eigenvalue weighted by atomic mass is 32.1. The number of thiazole rings is 1. The fourth-order valence-corrected chi connectivity index (χ4v) is 3.79. The second kappa shape index (κ2) is 8.08. The predicted molar refractivity (Wildman–Crippen MR) is 115 cm³/mol. The van der Waals surface area contributed by atoms with Gasteiger partial charge in [0.15, 0.2) is 16.6 Å². The van der Waals surface area contributed by atoms with Crippen LogP contribution in [0.3, 0.4) is 0 Å². The summed E-state index contributed by atoms with van der Waals surface area (Å²) in [5.74, 6) is -0.287. The summed E-state index contributed by atoms with van der Waals surface area (Å²) < 4.78 is 11.1. The third-order valence-corrected chi connectivity index (χ3v) is 5.59. The van der Waals surface area contributed by atoms with Crippen LogP contribution in [0.25, 0.3) is 21.5 Å². The number of nitrogens with one attached hydrogen (secondary N) is 1. The van der Waals surface area contributed by atoms with Crippen LogP contribution >= 0.6 is 11.3 Å². The van der Waals surface area contributed by atoms with Gasteiger partial charge in [-0.1, -0.05) is 28.6 Å². The van der Waals surface area contributed by atoms with Gasteiger partial charge in [-0.25, -0.2) is 9.78 Å². The van der Waals surface area contributed by atoms with Gasteiger partial charge in [-0.05, 0) is 56.2 Å². The van der Waals surface area contributed by atoms with Gasteiger partial charge in [-0.3, -0.25) is 10.1 Å². The number of hydrogen-bond donors (Lipinski definition) is 1. The zero-order valence-corrected chi connectivity index (χ0v) is 17.5. The number of carbonyl (C=O) groups excluding carboxylic acids is 2. The van der Waals surface area contributed by atoms with Gasteiger partial charge in [0.25, 0.3) is 5.91 Å². The zero-order chi connectivity index (χ0) is 21.3. The van der Waals surface area contributed by atoms with E-state index >= 15 is 0 Å². The fourth-order valence-electron chi connectivity index (χ4n) is 2.89. The highest BCUT2D eigenvalue weighted by Crippen LogP contribution is 2.28. The Labute approximate surface area is 176 Å². The molecule has 1 N–H and O–H groups in total. The van der Waals surface area contributed by atoms with Gasteiger partial charge in [0, 0.05) is 11.6 Å². The van der Waals surface area contributed by atoms with Gasteiger partial charge in [0.1, 0.15) is 0 Å². The molecule has 0 bridgehead atoms. The molecule has 0 spiro atoms. The van der Waals surface area contributed by atoms with Crippen LogP contribution in [0, 0.1) is 13.8 Å². The topological polar surface area (TPSA) is 94.3 Å². The van der Waals surface area contributed by atoms with Crippen molar-refractivity contribution in [2.75, 3.05) is 11.9 Å². The van der Waals surface area contributed by atoms with Gasteiger partial charge in [-0.2, -0.15) is 0 Å². The number of aryl methyl sites for hydroxylation is 2. The van der Waals surface area contributed by atoms with Gasteiger partial charge in [0.05, 0.1) is 22.4 Å². The SMILES string of the molecule is CCOC(=O)c1ccc2nc(NC(=O)c3cc(-c4ccc(C)c(C)c4)on3)sc2c1. The average Bonchev–Trinajstić information content (AvgIpc) is 3.36. The Bertz CT molecular complexity index is 1260. The number of carbonyl (C=O) groups is 2. The minimum absolute atomic E-state index is 0.162. The third kappa shape index (κ3) is 3.95. The molecule has 4 rings (SSSR count). The Morgan fingerprint density at radius 3 is 2.70 bits per heavy atom. The molecule has 4 aromatic rings. The van der Waals surface area contributed by atoms with Crippen LogP contribution in [0.15, 0.2) is 47.0 Å². The monoisotopic (exact) mass is 421 g/mol. The van der Waals surface area contributed by atoms with Crippen molar-refractivity contribution in [2.24, 2.45) is 0 Å². The number of rotatable bonds is 5. The summed E-state index contributed by atoms with van der Waals surface area (Å²) in [6.07, 6.45) is 0. The molecule has 0 radical (unpaired) electrons. The van der Waals surface area contributed by atoms with Crippen molar-refractivity contribution in [3.63, 3.8) is 0 Å². The van der Waals surface area contributed by atoms with Crippen molar-refractivity contribution in [1.82, 2.24) is 10.1 Å². The lowest BCUT2D eigenvalue weighted by molar-refractivity contribution is 0.0526. The summed E-state index contributed by atoms with van der Waals surface area (Å²) in [6, 6.07) is 12.6. The summed E-state index contributed by atoms with van der Waals surface area (Å²) in [4.78, 5) is 28.9. The van der Waals surface area contributed by atoms with E-state index in [0.29, 0.717) is 28.6 Å². The van der Waals surface area contributed by atoms with Crippen LogP contribution in [0.4, 0.5) is 5.13 Å². The fraction of sp³-hybridized carbons (Fsp3) is 0.182. The number of anilines is 1. The summed E-state index contributed by atoms with van der Waals surface area (Å²) in [5.41, 5.74) is 4.45. The van der Waals surface area contributed by atoms with Gasteiger partial charge < -0.3 is 9.26 Å². The van der Waals surface area contributed by atoms with Crippen molar-refractivity contribution in [1.29, 1.82) is 0 Å². The summed E-state index contributed by atoms with van der Waals surface area (Å²) in [7, 11) is 0. The van der Waals surface area contributed by atoms with Crippen LogP contribution in [-0.2, 0) is 4.74 Å². The van der Waals surface area contributed by atoms with E-state index in [1.54, 1.807) is 31.2 Å². The second-order valence-electron chi connectivity index (χ2n) is 6.75. The standard InChI is InChI=1S/C22H19N3O4S/c1-4-28-21(27)15-7-8-16-19(10-15)30-22(23-16)24-20(26)17-11-18(29-25-17)14-6-5-12(2)13(3)9-14/h5-11H,4H2,1-3H3,(H,23,24,26). The van der Waals surface area contributed by atoms with Crippen molar-refractivity contribution in [3.8, 4) is 11.3 Å². The maximum atomic E-state index is 12.6. The number of fused-ring (bicyclic) bond motifs is 1. The lowest BCUT2D eigenvalue weighted by atomic mass is 10.0. The van der Waals surface area contributed by atoms with E-state index in [4.69, 9.17) is 9.26 Å². The van der Waals surface area contributed by atoms with Gasteiger partial charge in [-0.15, -0.1) is 0 Å². The Balaban J connectivity index is 1.52. The molecule has 0 unspecified atom stereocenters. The first-order valence-corrected chi connectivity index (χ1v) is 10.2. The molecule has 0 aliphatic heterocycles. The van der Waals surface area contributed by atoms with Crippen LogP contribution in [-0.4, -0.2) is 28.6 Å². The van der Waals surface area contributed by atoms with Gasteiger partial charge in [0.2, 0.25) is 0 Å². The number of amides is 1. The molecule has 8 heteroatoms. The van der Waals surface area contributed by atoms with E-state index < -0.39 is 5.91 Å². The minimum Gasteiger partial charge on any atom is -0.462 e. The molecule has 30 heavy (non-hydrogen) atoms. The summed E-state index contributed by atoms with van der Waals surface area (Å²) >= 11 is 1.27. The summed E-state index contributed by atoms with van der Waals surface area (Å²) in [6.45, 7) is 6.12. The molecule has 152 valence electrons. The highest BCUT2D eigenvalue weighted by Gasteiger charge is 2.17. The molecule has 2 aromatic carbocycles. The molecule has 0 aliphatic carbocycles. The first-order chi connectivity index (χ1) is 14.4. The molecule has 0 saturated carbocycles. The van der Waals surface area contributed by atoms with E-state index in [2.05, 4.69) is 15.5 Å². The van der Waals surface area contributed by atoms with Crippen molar-refractivity contribution >= 4 is 38.6 Å². The van der Waals surface area contributed by atoms with E-state index in [9.17, 15) is 9.59 Å². The molecule has 0 saturated heterocycles. The smallest absolute Gasteiger partial charge is 0.338 e. The number of ether oxygens (including phenoxy) is 1. The number of nitrogens with zero attached hydrogens (tertiary/aromatic N) is 2. The predicted octanol–water partition coefficient (Wildman–Crippen LogP) is 5.00. The molecule has 0 fully saturated rings. The van der Waals surface area contributed by atoms with Crippen LogP contribution in [0.2, 0.25) is 0 Å². The number of aromatic nitrogens is 2. The maximum Gasteiger partial charge on any atom is 0.338 e. The van der Waals surface area contributed by atoms with Crippen LogP contribution in [0.1, 0.15) is 38.9 Å². The first kappa shape index (κ1) is 19.8. The third-order valence-electron chi connectivity index (χ3n) is 4.65. The zero-order valence-electron chi connectivity index (χ0n) is 16.7. The van der Waals surface area contributed by atoms with E-state index in [1.807, 2.05) is 32.0 Å². The molecular formula is C22H19N3O4S. The quantitative estimate of drug-likeness (QED) is 0.456. The number of hydrogen-bond acceptors (Lipinski definition) is 7. The normalized spacial score (nSPS) is 10.9. The van der Waals surface area contributed by atoms with Gasteiger partial charge >= 0.3 is 5.97 Å². The van der Waals surface area contributed by atoms with E-state index in [-0.39, 0.29) is 11.7 Å². The molecular weight excluding hydrogens is 402 g/mol. The average molecular weight is 421 g/mol. The van der Waals surface area contributed by atoms with E-state index in [1.165, 1.54) is 16.9 Å². The Kier molecular flexibility index (Phi) is 5.33. The largest absolute Gasteiger partial charge is 0.462 e. The maximum absolute atomic E-state index is 12.6. The lowest BCUT2D eigenvalue weighted by Crippen LogP contribution is -2.11. The lowest BCUT2D eigenvalue weighted by Gasteiger charge is -2.01. The highest BCUT2D eigenvalue weighted by molar-refractivity contribution is 7.22. The Morgan fingerprint density at radius 2 is 1.93 bits per heavy atom. The first-order valence-electron chi connectivity index (χ1n) is 9.38. The molecule has 7 nitrogen and oxygen atoms in total. The van der Waals surface area contributed by atoms with Crippen molar-refractivity contribution in [3.05, 3.63) is 64.8 Å². The molecule has 1 amide bonds.